The highest BCUT2D eigenvalue weighted by Gasteiger charge is 2.21. The molecule has 1 aliphatic heterocycles. The Labute approximate surface area is 109 Å². The maximum atomic E-state index is 5.84. The second kappa shape index (κ2) is 6.92. The van der Waals surface area contributed by atoms with E-state index in [0.717, 1.165) is 44.0 Å². The van der Waals surface area contributed by atoms with Crippen molar-refractivity contribution >= 4 is 0 Å². The zero-order chi connectivity index (χ0) is 12.8. The largest absolute Gasteiger partial charge is 0.468 e. The highest BCUT2D eigenvalue weighted by atomic mass is 16.5. The molecule has 1 saturated heterocycles. The van der Waals surface area contributed by atoms with Crippen LogP contribution in [-0.4, -0.2) is 30.7 Å². The first-order valence-electron chi connectivity index (χ1n) is 6.92. The van der Waals surface area contributed by atoms with Crippen LogP contribution in [0.25, 0.3) is 0 Å². The summed E-state index contributed by atoms with van der Waals surface area (Å²) in [7, 11) is 0. The summed E-state index contributed by atoms with van der Waals surface area (Å²) in [5.41, 5.74) is 6.81. The molecule has 4 nitrogen and oxygen atoms in total. The molecule has 0 aliphatic carbocycles. The molecular formula is C14H24N2O2. The Hall–Kier alpha value is -0.840. The van der Waals surface area contributed by atoms with Crippen LogP contribution >= 0.6 is 0 Å². The quantitative estimate of drug-likeness (QED) is 0.842. The number of hydrogen-bond donors (Lipinski definition) is 1. The average Bonchev–Trinajstić information content (AvgIpc) is 2.84. The predicted molar refractivity (Wildman–Crippen MR) is 71.1 cm³/mol. The minimum absolute atomic E-state index is 0.384. The van der Waals surface area contributed by atoms with E-state index in [-0.39, 0.29) is 0 Å². The van der Waals surface area contributed by atoms with Gasteiger partial charge in [-0.25, -0.2) is 0 Å². The molecular weight excluding hydrogens is 228 g/mol. The molecule has 0 spiro atoms. The van der Waals surface area contributed by atoms with Crippen LogP contribution < -0.4 is 5.73 Å². The summed E-state index contributed by atoms with van der Waals surface area (Å²) in [6.45, 7) is 6.55. The third-order valence-corrected chi connectivity index (χ3v) is 3.44. The second-order valence-corrected chi connectivity index (χ2v) is 4.94. The molecule has 0 aromatic carbocycles. The van der Waals surface area contributed by atoms with Crippen molar-refractivity contribution in [2.75, 3.05) is 19.7 Å². The smallest absolute Gasteiger partial charge is 0.122 e. The number of piperidine rings is 1. The lowest BCUT2D eigenvalue weighted by Gasteiger charge is -2.32. The Balaban J connectivity index is 1.85. The molecule has 0 radical (unpaired) electrons. The van der Waals surface area contributed by atoms with Crippen LogP contribution in [0, 0.1) is 0 Å². The van der Waals surface area contributed by atoms with Gasteiger partial charge in [0, 0.05) is 25.3 Å². The van der Waals surface area contributed by atoms with Gasteiger partial charge in [-0.3, -0.25) is 4.90 Å². The summed E-state index contributed by atoms with van der Waals surface area (Å²) in [5.74, 6) is 1.01. The second-order valence-electron chi connectivity index (χ2n) is 4.94. The van der Waals surface area contributed by atoms with E-state index in [1.165, 1.54) is 12.8 Å². The van der Waals surface area contributed by atoms with E-state index in [4.69, 9.17) is 14.9 Å². The Morgan fingerprint density at radius 1 is 1.56 bits per heavy atom. The summed E-state index contributed by atoms with van der Waals surface area (Å²) >= 11 is 0. The Morgan fingerprint density at radius 3 is 3.22 bits per heavy atom. The van der Waals surface area contributed by atoms with Crippen molar-refractivity contribution in [3.8, 4) is 0 Å². The fourth-order valence-electron chi connectivity index (χ4n) is 2.47. The number of likely N-dealkylation sites (tertiary alicyclic amines) is 1. The third kappa shape index (κ3) is 3.57. The Kier molecular flexibility index (Phi) is 5.23. The minimum atomic E-state index is 0.384. The first kappa shape index (κ1) is 13.6. The van der Waals surface area contributed by atoms with Gasteiger partial charge in [0.15, 0.2) is 0 Å². The molecule has 2 N–H and O–H groups in total. The number of furan rings is 1. The molecule has 1 aromatic heterocycles. The first-order chi connectivity index (χ1) is 8.83. The SMILES string of the molecule is CCCOC1CCCN(Cc2occc2CN)C1. The molecule has 1 aromatic rings. The van der Waals surface area contributed by atoms with Crippen molar-refractivity contribution in [1.82, 2.24) is 4.90 Å². The van der Waals surface area contributed by atoms with Gasteiger partial charge in [-0.1, -0.05) is 6.92 Å². The van der Waals surface area contributed by atoms with Gasteiger partial charge in [0.25, 0.3) is 0 Å². The monoisotopic (exact) mass is 252 g/mol. The number of ether oxygens (including phenoxy) is 1. The summed E-state index contributed by atoms with van der Waals surface area (Å²) < 4.78 is 11.4. The normalized spacial score (nSPS) is 21.3. The topological polar surface area (TPSA) is 51.6 Å². The molecule has 0 amide bonds. The average molecular weight is 252 g/mol. The fourth-order valence-corrected chi connectivity index (χ4v) is 2.47. The van der Waals surface area contributed by atoms with Crippen LogP contribution in [0.1, 0.15) is 37.5 Å². The van der Waals surface area contributed by atoms with Crippen LogP contribution in [0.15, 0.2) is 16.7 Å². The lowest BCUT2D eigenvalue weighted by atomic mass is 10.1. The molecule has 0 saturated carbocycles. The molecule has 18 heavy (non-hydrogen) atoms. The summed E-state index contributed by atoms with van der Waals surface area (Å²) in [4.78, 5) is 2.40. The van der Waals surface area contributed by atoms with Crippen LogP contribution in [0.3, 0.4) is 0 Å². The zero-order valence-corrected chi connectivity index (χ0v) is 11.2. The van der Waals surface area contributed by atoms with E-state index < -0.39 is 0 Å². The lowest BCUT2D eigenvalue weighted by molar-refractivity contribution is -0.00381. The van der Waals surface area contributed by atoms with Crippen molar-refractivity contribution in [3.63, 3.8) is 0 Å². The molecule has 2 heterocycles. The summed E-state index contributed by atoms with van der Waals surface area (Å²) in [6.07, 6.45) is 5.58. The van der Waals surface area contributed by atoms with Gasteiger partial charge in [-0.2, -0.15) is 0 Å². The van der Waals surface area contributed by atoms with Gasteiger partial charge in [-0.15, -0.1) is 0 Å². The van der Waals surface area contributed by atoms with E-state index in [1.807, 2.05) is 6.07 Å². The molecule has 1 fully saturated rings. The molecule has 102 valence electrons. The van der Waals surface area contributed by atoms with Gasteiger partial charge in [0.1, 0.15) is 5.76 Å². The molecule has 1 atom stereocenters. The van der Waals surface area contributed by atoms with Gasteiger partial charge in [0.05, 0.1) is 18.9 Å². The predicted octanol–water partition coefficient (Wildman–Crippen LogP) is 2.13. The number of hydrogen-bond acceptors (Lipinski definition) is 4. The highest BCUT2D eigenvalue weighted by molar-refractivity contribution is 5.16. The van der Waals surface area contributed by atoms with Crippen molar-refractivity contribution in [2.45, 2.75) is 45.4 Å². The Bertz CT molecular complexity index is 351. The number of rotatable bonds is 6. The van der Waals surface area contributed by atoms with Gasteiger partial charge >= 0.3 is 0 Å². The first-order valence-corrected chi connectivity index (χ1v) is 6.92. The maximum Gasteiger partial charge on any atom is 0.122 e. The van der Waals surface area contributed by atoms with Crippen molar-refractivity contribution in [1.29, 1.82) is 0 Å². The molecule has 2 rings (SSSR count). The van der Waals surface area contributed by atoms with Crippen LogP contribution in [0.2, 0.25) is 0 Å². The molecule has 1 aliphatic rings. The van der Waals surface area contributed by atoms with Crippen LogP contribution in [0.4, 0.5) is 0 Å². The number of nitrogens with two attached hydrogens (primary N) is 1. The maximum absolute atomic E-state index is 5.84. The van der Waals surface area contributed by atoms with E-state index in [0.29, 0.717) is 12.6 Å². The van der Waals surface area contributed by atoms with E-state index >= 15 is 0 Å². The van der Waals surface area contributed by atoms with Crippen molar-refractivity contribution < 1.29 is 9.15 Å². The molecule has 1 unspecified atom stereocenters. The summed E-state index contributed by atoms with van der Waals surface area (Å²) in [5, 5.41) is 0. The zero-order valence-electron chi connectivity index (χ0n) is 11.2. The van der Waals surface area contributed by atoms with E-state index in [2.05, 4.69) is 11.8 Å². The molecule has 4 heteroatoms. The fraction of sp³-hybridized carbons (Fsp3) is 0.714. The van der Waals surface area contributed by atoms with Gasteiger partial charge in [0.2, 0.25) is 0 Å². The van der Waals surface area contributed by atoms with Crippen LogP contribution in [0.5, 0.6) is 0 Å². The van der Waals surface area contributed by atoms with E-state index in [1.54, 1.807) is 6.26 Å². The highest BCUT2D eigenvalue weighted by Crippen LogP contribution is 2.18. The third-order valence-electron chi connectivity index (χ3n) is 3.44. The van der Waals surface area contributed by atoms with Crippen molar-refractivity contribution in [2.24, 2.45) is 5.73 Å². The minimum Gasteiger partial charge on any atom is -0.468 e. The molecule has 0 bridgehead atoms. The standard InChI is InChI=1S/C14H24N2O2/c1-2-7-17-13-4-3-6-16(10-13)11-14-12(9-15)5-8-18-14/h5,8,13H,2-4,6-7,9-11,15H2,1H3. The van der Waals surface area contributed by atoms with Gasteiger partial charge in [-0.05, 0) is 31.9 Å². The van der Waals surface area contributed by atoms with Crippen molar-refractivity contribution in [3.05, 3.63) is 23.7 Å². The Morgan fingerprint density at radius 2 is 2.44 bits per heavy atom. The number of nitrogens with zero attached hydrogens (tertiary/aromatic N) is 1. The van der Waals surface area contributed by atoms with Gasteiger partial charge < -0.3 is 14.9 Å². The summed E-state index contributed by atoms with van der Waals surface area (Å²) in [6, 6.07) is 1.96. The lowest BCUT2D eigenvalue weighted by Crippen LogP contribution is -2.39. The van der Waals surface area contributed by atoms with E-state index in [9.17, 15) is 0 Å². The van der Waals surface area contributed by atoms with Crippen LogP contribution in [-0.2, 0) is 17.8 Å².